The fourth-order valence-corrected chi connectivity index (χ4v) is 3.71. The van der Waals surface area contributed by atoms with Gasteiger partial charge in [-0.3, -0.25) is 0 Å². The number of benzene rings is 2. The molecule has 0 aliphatic heterocycles. The molecule has 0 spiro atoms. The van der Waals surface area contributed by atoms with Gasteiger partial charge < -0.3 is 19.2 Å². The number of H-pyrrole nitrogens is 1. The predicted molar refractivity (Wildman–Crippen MR) is 115 cm³/mol. The van der Waals surface area contributed by atoms with E-state index in [1.165, 1.54) is 18.1 Å². The predicted octanol–water partition coefficient (Wildman–Crippen LogP) is 5.51. The minimum atomic E-state index is -0.372. The molecule has 0 radical (unpaired) electrons. The molecule has 3 rings (SSSR count). The second kappa shape index (κ2) is 9.32. The summed E-state index contributed by atoms with van der Waals surface area (Å²) in [5.74, 6) is 0.455. The van der Waals surface area contributed by atoms with Crippen molar-refractivity contribution in [3.8, 4) is 5.75 Å². The van der Waals surface area contributed by atoms with Crippen LogP contribution in [0, 0.1) is 0 Å². The summed E-state index contributed by atoms with van der Waals surface area (Å²) in [7, 11) is 4.65. The highest BCUT2D eigenvalue weighted by atomic mass is 16.5. The van der Waals surface area contributed by atoms with Crippen molar-refractivity contribution in [3.05, 3.63) is 71.1 Å². The molecular weight excluding hydrogens is 366 g/mol. The van der Waals surface area contributed by atoms with Gasteiger partial charge in [0.05, 0.1) is 33.2 Å². The molecule has 0 fully saturated rings. The van der Waals surface area contributed by atoms with E-state index in [2.05, 4.69) is 36.3 Å². The van der Waals surface area contributed by atoms with Gasteiger partial charge in [0.25, 0.3) is 0 Å². The standard InChI is InChI=1S/C24H27NO4/c1-5-6-18(19-9-8-17(24(26)29-4)14-23(19)28-3)21-15-25-22-10-7-16(11-12-27-2)13-20(21)22/h7-15,18,25H,5-6H2,1-4H3. The van der Waals surface area contributed by atoms with Gasteiger partial charge in [-0.2, -0.15) is 0 Å². The molecule has 0 amide bonds. The van der Waals surface area contributed by atoms with Crippen molar-refractivity contribution in [2.75, 3.05) is 21.3 Å². The van der Waals surface area contributed by atoms with Gasteiger partial charge in [-0.1, -0.05) is 25.5 Å². The highest BCUT2D eigenvalue weighted by Crippen LogP contribution is 2.39. The number of esters is 1. The molecular formula is C24H27NO4. The number of hydrogen-bond donors (Lipinski definition) is 1. The van der Waals surface area contributed by atoms with E-state index in [0.29, 0.717) is 11.3 Å². The van der Waals surface area contributed by atoms with E-state index in [-0.39, 0.29) is 11.9 Å². The van der Waals surface area contributed by atoms with Crippen LogP contribution in [0.2, 0.25) is 0 Å². The molecule has 5 heteroatoms. The maximum absolute atomic E-state index is 11.9. The number of hydrogen-bond acceptors (Lipinski definition) is 4. The summed E-state index contributed by atoms with van der Waals surface area (Å²) in [5, 5.41) is 1.17. The number of nitrogens with one attached hydrogen (secondary N) is 1. The molecule has 1 heterocycles. The normalized spacial score (nSPS) is 12.3. The Morgan fingerprint density at radius 2 is 1.93 bits per heavy atom. The fourth-order valence-electron chi connectivity index (χ4n) is 3.71. The minimum absolute atomic E-state index is 0.136. The van der Waals surface area contributed by atoms with Crippen molar-refractivity contribution < 1.29 is 19.0 Å². The number of carbonyl (C=O) groups is 1. The molecule has 1 N–H and O–H groups in total. The molecule has 1 atom stereocenters. The summed E-state index contributed by atoms with van der Waals surface area (Å²) in [6.45, 7) is 2.17. The smallest absolute Gasteiger partial charge is 0.337 e. The lowest BCUT2D eigenvalue weighted by Crippen LogP contribution is -2.06. The highest BCUT2D eigenvalue weighted by Gasteiger charge is 2.22. The summed E-state index contributed by atoms with van der Waals surface area (Å²) in [5.41, 5.74) is 4.90. The molecule has 1 aromatic heterocycles. The molecule has 0 bridgehead atoms. The number of methoxy groups -OCH3 is 3. The molecule has 0 saturated heterocycles. The van der Waals surface area contributed by atoms with E-state index in [1.54, 1.807) is 32.6 Å². The minimum Gasteiger partial charge on any atom is -0.504 e. The Hall–Kier alpha value is -3.21. The Bertz CT molecular complexity index is 1020. The van der Waals surface area contributed by atoms with Crippen LogP contribution in [-0.2, 0) is 9.47 Å². The van der Waals surface area contributed by atoms with Gasteiger partial charge in [0.1, 0.15) is 5.75 Å². The Balaban J connectivity index is 2.11. The first-order chi connectivity index (χ1) is 14.1. The highest BCUT2D eigenvalue weighted by molar-refractivity contribution is 5.90. The van der Waals surface area contributed by atoms with Crippen LogP contribution in [0.15, 0.2) is 48.9 Å². The Morgan fingerprint density at radius 1 is 1.10 bits per heavy atom. The van der Waals surface area contributed by atoms with Crippen LogP contribution in [0.1, 0.15) is 52.7 Å². The molecule has 1 unspecified atom stereocenters. The maximum atomic E-state index is 11.9. The Labute approximate surface area is 171 Å². The lowest BCUT2D eigenvalue weighted by atomic mass is 9.86. The van der Waals surface area contributed by atoms with Gasteiger partial charge in [-0.05, 0) is 47.9 Å². The van der Waals surface area contributed by atoms with E-state index in [4.69, 9.17) is 14.2 Å². The summed E-state index contributed by atoms with van der Waals surface area (Å²) in [6.07, 6.45) is 7.66. The van der Waals surface area contributed by atoms with Crippen molar-refractivity contribution in [3.63, 3.8) is 0 Å². The van der Waals surface area contributed by atoms with Crippen molar-refractivity contribution in [1.82, 2.24) is 4.98 Å². The quantitative estimate of drug-likeness (QED) is 0.405. The van der Waals surface area contributed by atoms with Crippen LogP contribution in [0.5, 0.6) is 5.75 Å². The fraction of sp³-hybridized carbons (Fsp3) is 0.292. The summed E-state index contributed by atoms with van der Waals surface area (Å²) in [4.78, 5) is 15.3. The third kappa shape index (κ3) is 4.29. The molecule has 3 aromatic rings. The van der Waals surface area contributed by atoms with Gasteiger partial charge in [0, 0.05) is 28.6 Å². The number of rotatable bonds is 8. The van der Waals surface area contributed by atoms with Crippen LogP contribution < -0.4 is 4.74 Å². The first-order valence-corrected chi connectivity index (χ1v) is 9.69. The largest absolute Gasteiger partial charge is 0.504 e. The lowest BCUT2D eigenvalue weighted by Gasteiger charge is -2.20. The van der Waals surface area contributed by atoms with Crippen LogP contribution in [-0.4, -0.2) is 32.3 Å². The molecule has 152 valence electrons. The van der Waals surface area contributed by atoms with Gasteiger partial charge >= 0.3 is 5.97 Å². The SMILES string of the molecule is CCCC(c1ccc(C(=O)OC)cc1OC)c1c[nH]c2ccc(C=COC)cc12. The van der Waals surface area contributed by atoms with Crippen molar-refractivity contribution in [2.24, 2.45) is 0 Å². The molecule has 0 aliphatic rings. The van der Waals surface area contributed by atoms with E-state index in [0.717, 1.165) is 29.5 Å². The third-order valence-corrected chi connectivity index (χ3v) is 5.12. The van der Waals surface area contributed by atoms with Crippen LogP contribution >= 0.6 is 0 Å². The zero-order valence-electron chi connectivity index (χ0n) is 17.3. The number of aromatic nitrogens is 1. The van der Waals surface area contributed by atoms with Gasteiger partial charge in [0.2, 0.25) is 0 Å². The molecule has 2 aromatic carbocycles. The number of fused-ring (bicyclic) bond motifs is 1. The second-order valence-corrected chi connectivity index (χ2v) is 6.88. The van der Waals surface area contributed by atoms with Crippen molar-refractivity contribution in [2.45, 2.75) is 25.7 Å². The van der Waals surface area contributed by atoms with Gasteiger partial charge in [0.15, 0.2) is 0 Å². The second-order valence-electron chi connectivity index (χ2n) is 6.88. The number of aromatic amines is 1. The molecule has 5 nitrogen and oxygen atoms in total. The summed E-state index contributed by atoms with van der Waals surface area (Å²) < 4.78 is 15.5. The van der Waals surface area contributed by atoms with Gasteiger partial charge in [-0.25, -0.2) is 4.79 Å². The molecule has 0 saturated carbocycles. The Morgan fingerprint density at radius 3 is 2.62 bits per heavy atom. The van der Waals surface area contributed by atoms with E-state index in [1.807, 2.05) is 12.1 Å². The monoisotopic (exact) mass is 393 g/mol. The lowest BCUT2D eigenvalue weighted by molar-refractivity contribution is 0.0600. The Kier molecular flexibility index (Phi) is 6.60. The topological polar surface area (TPSA) is 60.5 Å². The van der Waals surface area contributed by atoms with Crippen LogP contribution in [0.4, 0.5) is 0 Å². The van der Waals surface area contributed by atoms with E-state index in [9.17, 15) is 4.79 Å². The molecule has 0 aliphatic carbocycles. The summed E-state index contributed by atoms with van der Waals surface area (Å²) >= 11 is 0. The van der Waals surface area contributed by atoms with E-state index >= 15 is 0 Å². The van der Waals surface area contributed by atoms with Crippen molar-refractivity contribution in [1.29, 1.82) is 0 Å². The first kappa shape index (κ1) is 20.5. The van der Waals surface area contributed by atoms with E-state index < -0.39 is 0 Å². The van der Waals surface area contributed by atoms with Crippen LogP contribution in [0.25, 0.3) is 17.0 Å². The maximum Gasteiger partial charge on any atom is 0.337 e. The van der Waals surface area contributed by atoms with Gasteiger partial charge in [-0.15, -0.1) is 0 Å². The average molecular weight is 393 g/mol. The number of ether oxygens (including phenoxy) is 3. The summed E-state index contributed by atoms with van der Waals surface area (Å²) in [6, 6.07) is 11.8. The average Bonchev–Trinajstić information content (AvgIpc) is 3.18. The third-order valence-electron chi connectivity index (χ3n) is 5.12. The van der Waals surface area contributed by atoms with Crippen molar-refractivity contribution >= 4 is 22.9 Å². The molecule has 29 heavy (non-hydrogen) atoms. The zero-order valence-corrected chi connectivity index (χ0v) is 17.3. The zero-order chi connectivity index (χ0) is 20.8. The first-order valence-electron chi connectivity index (χ1n) is 9.69. The number of carbonyl (C=O) groups excluding carboxylic acids is 1. The van der Waals surface area contributed by atoms with Crippen LogP contribution in [0.3, 0.4) is 0 Å².